The van der Waals surface area contributed by atoms with E-state index in [0.717, 1.165) is 35.7 Å². The lowest BCUT2D eigenvalue weighted by molar-refractivity contribution is 0.415. The Bertz CT molecular complexity index is 784. The molecule has 0 spiro atoms. The van der Waals surface area contributed by atoms with E-state index in [1.54, 1.807) is 7.11 Å². The number of ether oxygens (including phenoxy) is 1. The van der Waals surface area contributed by atoms with Crippen molar-refractivity contribution in [1.29, 1.82) is 0 Å². The number of aromatic nitrogens is 2. The highest BCUT2D eigenvalue weighted by atomic mass is 32.2. The summed E-state index contributed by atoms with van der Waals surface area (Å²) in [5.41, 5.74) is 1.96. The highest BCUT2D eigenvalue weighted by Crippen LogP contribution is 2.25. The molecule has 1 N–H and O–H groups in total. The number of nitrogens with one attached hydrogen (secondary N) is 1. The van der Waals surface area contributed by atoms with Gasteiger partial charge < -0.3 is 9.64 Å². The molecule has 3 rings (SSSR count). The van der Waals surface area contributed by atoms with Gasteiger partial charge in [0, 0.05) is 19.7 Å². The van der Waals surface area contributed by atoms with E-state index in [0.29, 0.717) is 12.3 Å². The van der Waals surface area contributed by atoms with Crippen molar-refractivity contribution in [3.05, 3.63) is 30.3 Å². The molecule has 24 heavy (non-hydrogen) atoms. The van der Waals surface area contributed by atoms with E-state index in [9.17, 15) is 8.42 Å². The number of sulfone groups is 1. The van der Waals surface area contributed by atoms with Crippen LogP contribution in [0, 0.1) is 5.92 Å². The lowest BCUT2D eigenvalue weighted by atomic mass is 10.1. The molecule has 130 valence electrons. The molecule has 1 aliphatic heterocycles. The molecule has 0 bridgehead atoms. The zero-order chi connectivity index (χ0) is 17.2. The number of hydrogen-bond donors (Lipinski definition) is 1. The first-order valence-electron chi connectivity index (χ1n) is 8.08. The maximum Gasteiger partial charge on any atom is 0.150 e. The smallest absolute Gasteiger partial charge is 0.150 e. The van der Waals surface area contributed by atoms with E-state index in [-0.39, 0.29) is 11.7 Å². The number of benzene rings is 1. The Kier molecular flexibility index (Phi) is 4.80. The molecule has 0 unspecified atom stereocenters. The van der Waals surface area contributed by atoms with Crippen molar-refractivity contribution in [3.8, 4) is 17.0 Å². The largest absolute Gasteiger partial charge is 0.497 e. The zero-order valence-electron chi connectivity index (χ0n) is 14.0. The minimum absolute atomic E-state index is 0.176. The Morgan fingerprint density at radius 3 is 2.75 bits per heavy atom. The monoisotopic (exact) mass is 349 g/mol. The van der Waals surface area contributed by atoms with Gasteiger partial charge in [0.2, 0.25) is 0 Å². The summed E-state index contributed by atoms with van der Waals surface area (Å²) >= 11 is 0. The van der Waals surface area contributed by atoms with Gasteiger partial charge in [0.05, 0.1) is 24.3 Å². The molecule has 2 heterocycles. The lowest BCUT2D eigenvalue weighted by Crippen LogP contribution is -2.34. The van der Waals surface area contributed by atoms with Crippen molar-refractivity contribution in [1.82, 2.24) is 10.2 Å². The number of methoxy groups -OCH3 is 1. The predicted octanol–water partition coefficient (Wildman–Crippen LogP) is 2.35. The van der Waals surface area contributed by atoms with Crippen LogP contribution in [0.3, 0.4) is 0 Å². The van der Waals surface area contributed by atoms with Gasteiger partial charge in [0.25, 0.3) is 0 Å². The number of nitrogens with zero attached hydrogens (tertiary/aromatic N) is 2. The first kappa shape index (κ1) is 16.8. The van der Waals surface area contributed by atoms with Gasteiger partial charge in [-0.05, 0) is 48.6 Å². The van der Waals surface area contributed by atoms with Crippen LogP contribution in [0.2, 0.25) is 0 Å². The van der Waals surface area contributed by atoms with Crippen LogP contribution in [-0.4, -0.2) is 50.8 Å². The average molecular weight is 349 g/mol. The predicted molar refractivity (Wildman–Crippen MR) is 95.2 cm³/mol. The SMILES string of the molecule is COc1ccc(-c2cc(N(C)C[C@@H]3CCCS(=O)(=O)C3)n[nH]2)cc1. The highest BCUT2D eigenvalue weighted by Gasteiger charge is 2.26. The Hall–Kier alpha value is -2.02. The van der Waals surface area contributed by atoms with Gasteiger partial charge in [-0.15, -0.1) is 0 Å². The summed E-state index contributed by atoms with van der Waals surface area (Å²) in [4.78, 5) is 2.02. The molecule has 0 radical (unpaired) electrons. The Morgan fingerprint density at radius 2 is 2.08 bits per heavy atom. The van der Waals surface area contributed by atoms with Crippen LogP contribution >= 0.6 is 0 Å². The first-order chi connectivity index (χ1) is 11.5. The average Bonchev–Trinajstić information content (AvgIpc) is 3.04. The minimum Gasteiger partial charge on any atom is -0.497 e. The third-order valence-corrected chi connectivity index (χ3v) is 6.34. The summed E-state index contributed by atoms with van der Waals surface area (Å²) in [6.07, 6.45) is 1.72. The fourth-order valence-corrected chi connectivity index (χ4v) is 4.93. The number of H-pyrrole nitrogens is 1. The summed E-state index contributed by atoms with van der Waals surface area (Å²) < 4.78 is 28.7. The molecule has 0 saturated carbocycles. The van der Waals surface area contributed by atoms with E-state index < -0.39 is 9.84 Å². The Morgan fingerprint density at radius 1 is 1.33 bits per heavy atom. The van der Waals surface area contributed by atoms with Crippen molar-refractivity contribution in [2.24, 2.45) is 5.92 Å². The van der Waals surface area contributed by atoms with Crippen molar-refractivity contribution < 1.29 is 13.2 Å². The van der Waals surface area contributed by atoms with Crippen LogP contribution in [0.25, 0.3) is 11.3 Å². The van der Waals surface area contributed by atoms with Gasteiger partial charge in [-0.2, -0.15) is 5.10 Å². The third kappa shape index (κ3) is 3.90. The van der Waals surface area contributed by atoms with Crippen LogP contribution in [0.4, 0.5) is 5.82 Å². The van der Waals surface area contributed by atoms with Crippen LogP contribution in [-0.2, 0) is 9.84 Å². The van der Waals surface area contributed by atoms with E-state index >= 15 is 0 Å². The van der Waals surface area contributed by atoms with Crippen LogP contribution in [0.1, 0.15) is 12.8 Å². The standard InChI is InChI=1S/C17H23N3O3S/c1-20(11-13-4-3-9-24(21,22)12-13)17-10-16(18-19-17)14-5-7-15(23-2)8-6-14/h5-8,10,13H,3-4,9,11-12H2,1-2H3,(H,18,19)/t13-/m0/s1. The molecule has 1 aromatic heterocycles. The van der Waals surface area contributed by atoms with Crippen molar-refractivity contribution in [3.63, 3.8) is 0 Å². The molecule has 0 amide bonds. The molecule has 2 aromatic rings. The summed E-state index contributed by atoms with van der Waals surface area (Å²) in [7, 11) is 0.725. The number of aromatic amines is 1. The van der Waals surface area contributed by atoms with Gasteiger partial charge in [0.15, 0.2) is 15.7 Å². The molecule has 1 aromatic carbocycles. The number of anilines is 1. The highest BCUT2D eigenvalue weighted by molar-refractivity contribution is 7.91. The van der Waals surface area contributed by atoms with E-state index in [2.05, 4.69) is 10.2 Å². The molecule has 1 aliphatic rings. The summed E-state index contributed by atoms with van der Waals surface area (Å²) in [5.74, 6) is 2.43. The second kappa shape index (κ2) is 6.84. The molecule has 1 fully saturated rings. The second-order valence-electron chi connectivity index (χ2n) is 6.37. The van der Waals surface area contributed by atoms with Gasteiger partial charge in [-0.3, -0.25) is 5.10 Å². The van der Waals surface area contributed by atoms with Crippen molar-refractivity contribution in [2.75, 3.05) is 37.1 Å². The quantitative estimate of drug-likeness (QED) is 0.897. The summed E-state index contributed by atoms with van der Waals surface area (Å²) in [6, 6.07) is 9.76. The summed E-state index contributed by atoms with van der Waals surface area (Å²) in [5, 5.41) is 7.40. The fourth-order valence-electron chi connectivity index (χ4n) is 3.17. The van der Waals surface area contributed by atoms with Gasteiger partial charge in [-0.25, -0.2) is 8.42 Å². The zero-order valence-corrected chi connectivity index (χ0v) is 14.8. The van der Waals surface area contributed by atoms with Crippen molar-refractivity contribution >= 4 is 15.7 Å². The van der Waals surface area contributed by atoms with Gasteiger partial charge in [0.1, 0.15) is 5.75 Å². The van der Waals surface area contributed by atoms with Crippen LogP contribution < -0.4 is 9.64 Å². The topological polar surface area (TPSA) is 75.3 Å². The van der Waals surface area contributed by atoms with E-state index in [4.69, 9.17) is 4.74 Å². The molecule has 7 heteroatoms. The maximum absolute atomic E-state index is 11.8. The first-order valence-corrected chi connectivity index (χ1v) is 9.90. The number of hydrogen-bond acceptors (Lipinski definition) is 5. The fraction of sp³-hybridized carbons (Fsp3) is 0.471. The Labute approximate surface area is 142 Å². The molecular weight excluding hydrogens is 326 g/mol. The van der Waals surface area contributed by atoms with E-state index in [1.165, 1.54) is 0 Å². The van der Waals surface area contributed by atoms with Gasteiger partial charge in [-0.1, -0.05) is 0 Å². The van der Waals surface area contributed by atoms with Gasteiger partial charge >= 0.3 is 0 Å². The lowest BCUT2D eigenvalue weighted by Gasteiger charge is -2.26. The van der Waals surface area contributed by atoms with Crippen LogP contribution in [0.15, 0.2) is 30.3 Å². The second-order valence-corrected chi connectivity index (χ2v) is 8.60. The summed E-state index contributed by atoms with van der Waals surface area (Å²) in [6.45, 7) is 0.701. The minimum atomic E-state index is -2.87. The third-order valence-electron chi connectivity index (χ3n) is 4.45. The van der Waals surface area contributed by atoms with Crippen LogP contribution in [0.5, 0.6) is 5.75 Å². The molecule has 6 nitrogen and oxygen atoms in total. The normalized spacial score (nSPS) is 19.8. The van der Waals surface area contributed by atoms with E-state index in [1.807, 2.05) is 42.3 Å². The maximum atomic E-state index is 11.8. The Balaban J connectivity index is 1.68. The molecule has 1 atom stereocenters. The number of rotatable bonds is 5. The molecule has 0 aliphatic carbocycles. The molecule has 1 saturated heterocycles. The molecular formula is C17H23N3O3S. The van der Waals surface area contributed by atoms with Crippen molar-refractivity contribution in [2.45, 2.75) is 12.8 Å².